The Morgan fingerprint density at radius 1 is 1.36 bits per heavy atom. The maximum Gasteiger partial charge on any atom is 0.325 e. The van der Waals surface area contributed by atoms with E-state index in [2.05, 4.69) is 10.4 Å². The van der Waals surface area contributed by atoms with Crippen molar-refractivity contribution in [3.8, 4) is 5.69 Å². The summed E-state index contributed by atoms with van der Waals surface area (Å²) >= 11 is 0. The topological polar surface area (TPSA) is 93.4 Å². The number of ether oxygens (including phenoxy) is 1. The van der Waals surface area contributed by atoms with Crippen molar-refractivity contribution in [1.29, 1.82) is 0 Å². The van der Waals surface area contributed by atoms with Crippen LogP contribution in [0.15, 0.2) is 36.5 Å². The fourth-order valence-electron chi connectivity index (χ4n) is 1.97. The van der Waals surface area contributed by atoms with Gasteiger partial charge in [0.25, 0.3) is 5.91 Å². The lowest BCUT2D eigenvalue weighted by Gasteiger charge is -2.11. The fourth-order valence-corrected chi connectivity index (χ4v) is 1.97. The van der Waals surface area contributed by atoms with Gasteiger partial charge >= 0.3 is 5.97 Å². The molecule has 1 atom stereocenters. The van der Waals surface area contributed by atoms with E-state index < -0.39 is 17.9 Å². The maximum atomic E-state index is 12.2. The molecule has 0 aliphatic rings. The van der Waals surface area contributed by atoms with Crippen LogP contribution in [0.2, 0.25) is 0 Å². The Bertz CT molecular complexity index is 667. The molecule has 116 valence electrons. The van der Waals surface area contributed by atoms with Gasteiger partial charge in [-0.1, -0.05) is 18.2 Å². The van der Waals surface area contributed by atoms with E-state index in [1.165, 1.54) is 20.2 Å². The Morgan fingerprint density at radius 3 is 2.64 bits per heavy atom. The number of carbonyl (C=O) groups is 2. The predicted molar refractivity (Wildman–Crippen MR) is 78.8 cm³/mol. The van der Waals surface area contributed by atoms with E-state index >= 15 is 0 Å². The van der Waals surface area contributed by atoms with Gasteiger partial charge in [0, 0.05) is 7.11 Å². The van der Waals surface area contributed by atoms with E-state index in [0.717, 1.165) is 5.69 Å². The molecule has 1 heterocycles. The number of rotatable bonds is 6. The molecule has 0 bridgehead atoms. The Kier molecular flexibility index (Phi) is 4.90. The van der Waals surface area contributed by atoms with Crippen molar-refractivity contribution in [3.63, 3.8) is 0 Å². The van der Waals surface area contributed by atoms with Crippen LogP contribution < -0.4 is 5.32 Å². The van der Waals surface area contributed by atoms with Crippen molar-refractivity contribution in [1.82, 2.24) is 15.1 Å². The number of carboxylic acids is 1. The minimum atomic E-state index is -1.10. The van der Waals surface area contributed by atoms with Gasteiger partial charge in [-0.2, -0.15) is 5.10 Å². The fraction of sp³-hybridized carbons (Fsp3) is 0.267. The molecule has 0 saturated heterocycles. The number of hydrogen-bond donors (Lipinski definition) is 2. The molecule has 22 heavy (non-hydrogen) atoms. The average molecular weight is 303 g/mol. The summed E-state index contributed by atoms with van der Waals surface area (Å²) in [5.74, 6) is -1.60. The monoisotopic (exact) mass is 303 g/mol. The van der Waals surface area contributed by atoms with Crippen LogP contribution >= 0.6 is 0 Å². The van der Waals surface area contributed by atoms with Crippen LogP contribution in [0.25, 0.3) is 5.69 Å². The van der Waals surface area contributed by atoms with Gasteiger partial charge < -0.3 is 15.2 Å². The summed E-state index contributed by atoms with van der Waals surface area (Å²) in [7, 11) is 1.52. The molecule has 0 fully saturated rings. The summed E-state index contributed by atoms with van der Waals surface area (Å²) < 4.78 is 6.74. The third-order valence-electron chi connectivity index (χ3n) is 3.11. The standard InChI is InChI=1S/C15H17N3O4/c1-10(15(20)21)17-14(19)12-8-16-18(13(12)9-22-2)11-6-4-3-5-7-11/h3-8,10H,9H2,1-2H3,(H,17,19)(H,20,21)/t10-/m0/s1. The molecule has 0 aliphatic carbocycles. The summed E-state index contributed by atoms with van der Waals surface area (Å²) in [6.45, 7) is 1.58. The first-order valence-electron chi connectivity index (χ1n) is 6.69. The molecule has 1 aromatic carbocycles. The molecule has 0 aliphatic heterocycles. The molecule has 0 radical (unpaired) electrons. The highest BCUT2D eigenvalue weighted by Gasteiger charge is 2.21. The van der Waals surface area contributed by atoms with Crippen LogP contribution in [-0.4, -0.2) is 39.9 Å². The van der Waals surface area contributed by atoms with Crippen LogP contribution in [-0.2, 0) is 16.1 Å². The summed E-state index contributed by atoms with van der Waals surface area (Å²) in [5.41, 5.74) is 1.64. The lowest BCUT2D eigenvalue weighted by atomic mass is 10.2. The number of aromatic nitrogens is 2. The van der Waals surface area contributed by atoms with Crippen molar-refractivity contribution < 1.29 is 19.4 Å². The van der Waals surface area contributed by atoms with E-state index in [-0.39, 0.29) is 6.61 Å². The molecule has 1 amide bonds. The molecular weight excluding hydrogens is 286 g/mol. The number of nitrogens with zero attached hydrogens (tertiary/aromatic N) is 2. The summed E-state index contributed by atoms with van der Waals surface area (Å²) in [4.78, 5) is 23.1. The van der Waals surface area contributed by atoms with E-state index in [1.54, 1.807) is 4.68 Å². The molecule has 7 nitrogen and oxygen atoms in total. The number of aliphatic carboxylic acids is 1. The molecule has 0 unspecified atom stereocenters. The summed E-state index contributed by atoms with van der Waals surface area (Å²) in [6.07, 6.45) is 1.41. The zero-order valence-electron chi connectivity index (χ0n) is 12.3. The zero-order chi connectivity index (χ0) is 16.1. The molecule has 0 spiro atoms. The molecule has 7 heteroatoms. The second-order valence-corrected chi connectivity index (χ2v) is 4.72. The van der Waals surface area contributed by atoms with E-state index in [0.29, 0.717) is 11.3 Å². The van der Waals surface area contributed by atoms with E-state index in [9.17, 15) is 9.59 Å². The quantitative estimate of drug-likeness (QED) is 0.837. The molecule has 2 rings (SSSR count). The first-order chi connectivity index (χ1) is 10.5. The Labute approximate surface area is 127 Å². The summed E-state index contributed by atoms with van der Waals surface area (Å²) in [6, 6.07) is 8.33. The lowest BCUT2D eigenvalue weighted by molar-refractivity contribution is -0.138. The number of para-hydroxylation sites is 1. The Balaban J connectivity index is 2.35. The van der Waals surface area contributed by atoms with Crippen LogP contribution in [0.5, 0.6) is 0 Å². The zero-order valence-corrected chi connectivity index (χ0v) is 12.3. The van der Waals surface area contributed by atoms with Gasteiger partial charge in [0.2, 0.25) is 0 Å². The largest absolute Gasteiger partial charge is 0.480 e. The minimum absolute atomic E-state index is 0.180. The van der Waals surface area contributed by atoms with Gasteiger partial charge in [0.15, 0.2) is 0 Å². The van der Waals surface area contributed by atoms with Crippen molar-refractivity contribution in [2.45, 2.75) is 19.6 Å². The Morgan fingerprint density at radius 2 is 2.05 bits per heavy atom. The highest BCUT2D eigenvalue weighted by molar-refractivity contribution is 5.97. The van der Waals surface area contributed by atoms with Crippen molar-refractivity contribution in [3.05, 3.63) is 47.8 Å². The van der Waals surface area contributed by atoms with Gasteiger partial charge in [-0.3, -0.25) is 9.59 Å². The van der Waals surface area contributed by atoms with Crippen molar-refractivity contribution in [2.75, 3.05) is 7.11 Å². The van der Waals surface area contributed by atoms with Crippen LogP contribution in [0.1, 0.15) is 23.0 Å². The van der Waals surface area contributed by atoms with Crippen molar-refractivity contribution in [2.24, 2.45) is 0 Å². The number of carboxylic acid groups (broad SMARTS) is 1. The van der Waals surface area contributed by atoms with Crippen LogP contribution in [0, 0.1) is 0 Å². The highest BCUT2D eigenvalue weighted by atomic mass is 16.5. The maximum absolute atomic E-state index is 12.2. The van der Waals surface area contributed by atoms with Gasteiger partial charge in [-0.05, 0) is 19.1 Å². The van der Waals surface area contributed by atoms with Crippen molar-refractivity contribution >= 4 is 11.9 Å². The van der Waals surface area contributed by atoms with E-state index in [4.69, 9.17) is 9.84 Å². The van der Waals surface area contributed by atoms with Gasteiger partial charge in [-0.15, -0.1) is 0 Å². The highest BCUT2D eigenvalue weighted by Crippen LogP contribution is 2.16. The smallest absolute Gasteiger partial charge is 0.325 e. The Hall–Kier alpha value is -2.67. The van der Waals surface area contributed by atoms with Gasteiger partial charge in [0.05, 0.1) is 29.7 Å². The predicted octanol–water partition coefficient (Wildman–Crippen LogP) is 1.22. The first-order valence-corrected chi connectivity index (χ1v) is 6.69. The number of benzene rings is 1. The van der Waals surface area contributed by atoms with Crippen LogP contribution in [0.4, 0.5) is 0 Å². The minimum Gasteiger partial charge on any atom is -0.480 e. The molecule has 0 saturated carbocycles. The molecule has 1 aromatic heterocycles. The van der Waals surface area contributed by atoms with E-state index in [1.807, 2.05) is 30.3 Å². The number of amides is 1. The summed E-state index contributed by atoms with van der Waals surface area (Å²) in [5, 5.41) is 15.5. The van der Waals surface area contributed by atoms with Gasteiger partial charge in [0.1, 0.15) is 6.04 Å². The first kappa shape index (κ1) is 15.7. The lowest BCUT2D eigenvalue weighted by Crippen LogP contribution is -2.38. The second kappa shape index (κ2) is 6.86. The SMILES string of the molecule is COCc1c(C(=O)N[C@@H](C)C(=O)O)cnn1-c1ccccc1. The number of methoxy groups -OCH3 is 1. The average Bonchev–Trinajstić information content (AvgIpc) is 2.92. The second-order valence-electron chi connectivity index (χ2n) is 4.72. The van der Waals surface area contributed by atoms with Crippen LogP contribution in [0.3, 0.4) is 0 Å². The number of nitrogens with one attached hydrogen (secondary N) is 1. The molecular formula is C15H17N3O4. The molecule has 2 aromatic rings. The third-order valence-corrected chi connectivity index (χ3v) is 3.11. The molecule has 2 N–H and O–H groups in total. The number of hydrogen-bond acceptors (Lipinski definition) is 4. The van der Waals surface area contributed by atoms with Gasteiger partial charge in [-0.25, -0.2) is 4.68 Å². The normalized spacial score (nSPS) is 11.9. The number of carbonyl (C=O) groups excluding carboxylic acids is 1. The third kappa shape index (κ3) is 3.32.